The maximum Gasteiger partial charge on any atom is 0.274 e. The van der Waals surface area contributed by atoms with Crippen LogP contribution in [0.3, 0.4) is 0 Å². The van der Waals surface area contributed by atoms with Gasteiger partial charge in [-0.25, -0.2) is 0 Å². The number of carbonyl (C=O) groups is 1. The Morgan fingerprint density at radius 1 is 1.55 bits per heavy atom. The molecular formula is C14H14ClN5O2. The molecule has 0 spiro atoms. The third-order valence-electron chi connectivity index (χ3n) is 3.33. The Hall–Kier alpha value is -2.54. The number of amides is 1. The molecule has 3 aromatic heterocycles. The van der Waals surface area contributed by atoms with Gasteiger partial charge in [-0.1, -0.05) is 11.6 Å². The predicted molar refractivity (Wildman–Crippen MR) is 80.3 cm³/mol. The molecule has 0 radical (unpaired) electrons. The van der Waals surface area contributed by atoms with Crippen molar-refractivity contribution in [3.05, 3.63) is 47.1 Å². The van der Waals surface area contributed by atoms with Gasteiger partial charge in [0.15, 0.2) is 11.5 Å². The summed E-state index contributed by atoms with van der Waals surface area (Å²) in [5, 5.41) is 11.4. The average molecular weight is 320 g/mol. The average Bonchev–Trinajstić information content (AvgIpc) is 3.22. The second-order valence-electron chi connectivity index (χ2n) is 4.87. The van der Waals surface area contributed by atoms with Crippen LogP contribution in [0, 0.1) is 0 Å². The number of carbonyl (C=O) groups excluding carboxylic acids is 1. The molecule has 3 rings (SSSR count). The fourth-order valence-electron chi connectivity index (χ4n) is 2.10. The number of nitrogens with zero attached hydrogens (tertiary/aromatic N) is 4. The Balaban J connectivity index is 1.76. The molecule has 0 aliphatic heterocycles. The third-order valence-corrected chi connectivity index (χ3v) is 3.64. The van der Waals surface area contributed by atoms with Gasteiger partial charge in [-0.3, -0.25) is 14.6 Å². The van der Waals surface area contributed by atoms with Crippen LogP contribution in [0.2, 0.25) is 5.02 Å². The zero-order chi connectivity index (χ0) is 15.7. The number of aromatic nitrogens is 4. The molecule has 22 heavy (non-hydrogen) atoms. The molecular weight excluding hydrogens is 306 g/mol. The van der Waals surface area contributed by atoms with E-state index >= 15 is 0 Å². The number of halogens is 1. The number of nitrogens with one attached hydrogen (secondary N) is 1. The standard InChI is InChI=1S/C14H14ClN5O2/c1-19(8-12-9(15)7-16-20(12)2)14(21)11-6-10(17-18-11)13-4-3-5-22-13/h3-7H,8H2,1-2H3,(H,17,18). The summed E-state index contributed by atoms with van der Waals surface area (Å²) < 4.78 is 6.91. The van der Waals surface area contributed by atoms with Crippen LogP contribution >= 0.6 is 11.6 Å². The molecule has 0 atom stereocenters. The van der Waals surface area contributed by atoms with E-state index < -0.39 is 0 Å². The van der Waals surface area contributed by atoms with Gasteiger partial charge < -0.3 is 9.32 Å². The summed E-state index contributed by atoms with van der Waals surface area (Å²) in [5.41, 5.74) is 1.73. The highest BCUT2D eigenvalue weighted by molar-refractivity contribution is 6.31. The van der Waals surface area contributed by atoms with Gasteiger partial charge in [0.1, 0.15) is 5.69 Å². The van der Waals surface area contributed by atoms with Crippen LogP contribution in [-0.2, 0) is 13.6 Å². The first kappa shape index (κ1) is 14.4. The first-order chi connectivity index (χ1) is 10.6. The fourth-order valence-corrected chi connectivity index (χ4v) is 2.32. The van der Waals surface area contributed by atoms with Crippen LogP contribution < -0.4 is 0 Å². The number of hydrogen-bond donors (Lipinski definition) is 1. The molecule has 0 saturated heterocycles. The smallest absolute Gasteiger partial charge is 0.274 e. The van der Waals surface area contributed by atoms with Gasteiger partial charge in [0.25, 0.3) is 5.91 Å². The minimum Gasteiger partial charge on any atom is -0.463 e. The van der Waals surface area contributed by atoms with Gasteiger partial charge in [-0.2, -0.15) is 10.2 Å². The molecule has 8 heteroatoms. The second-order valence-corrected chi connectivity index (χ2v) is 5.28. The van der Waals surface area contributed by atoms with Gasteiger partial charge >= 0.3 is 0 Å². The van der Waals surface area contributed by atoms with Crippen molar-refractivity contribution in [2.24, 2.45) is 7.05 Å². The maximum atomic E-state index is 12.4. The summed E-state index contributed by atoms with van der Waals surface area (Å²) in [5.74, 6) is 0.412. The van der Waals surface area contributed by atoms with Crippen LogP contribution in [-0.4, -0.2) is 37.8 Å². The minimum atomic E-state index is -0.216. The minimum absolute atomic E-state index is 0.216. The molecule has 0 unspecified atom stereocenters. The van der Waals surface area contributed by atoms with Crippen molar-refractivity contribution >= 4 is 17.5 Å². The molecule has 3 aromatic rings. The quantitative estimate of drug-likeness (QED) is 0.800. The maximum absolute atomic E-state index is 12.4. The first-order valence-electron chi connectivity index (χ1n) is 6.57. The van der Waals surface area contributed by atoms with Gasteiger partial charge in [-0.15, -0.1) is 0 Å². The lowest BCUT2D eigenvalue weighted by atomic mass is 10.2. The second kappa shape index (κ2) is 5.69. The monoisotopic (exact) mass is 319 g/mol. The van der Waals surface area contributed by atoms with Gasteiger partial charge in [-0.05, 0) is 12.1 Å². The normalized spacial score (nSPS) is 10.9. The van der Waals surface area contributed by atoms with E-state index in [2.05, 4.69) is 15.3 Å². The van der Waals surface area contributed by atoms with E-state index in [1.807, 2.05) is 0 Å². The van der Waals surface area contributed by atoms with Crippen molar-refractivity contribution in [1.29, 1.82) is 0 Å². The molecule has 7 nitrogen and oxygen atoms in total. The summed E-state index contributed by atoms with van der Waals surface area (Å²) in [6.45, 7) is 0.344. The van der Waals surface area contributed by atoms with Crippen molar-refractivity contribution < 1.29 is 9.21 Å². The topological polar surface area (TPSA) is 80.0 Å². The van der Waals surface area contributed by atoms with Crippen LogP contribution in [0.4, 0.5) is 0 Å². The van der Waals surface area contributed by atoms with Crippen molar-refractivity contribution in [3.8, 4) is 11.5 Å². The zero-order valence-corrected chi connectivity index (χ0v) is 12.8. The van der Waals surface area contributed by atoms with E-state index in [1.165, 1.54) is 4.90 Å². The van der Waals surface area contributed by atoms with Crippen molar-refractivity contribution in [1.82, 2.24) is 24.9 Å². The Morgan fingerprint density at radius 2 is 2.36 bits per heavy atom. The Bertz CT molecular complexity index is 771. The highest BCUT2D eigenvalue weighted by Gasteiger charge is 2.19. The molecule has 0 fully saturated rings. The van der Waals surface area contributed by atoms with Crippen LogP contribution in [0.1, 0.15) is 16.2 Å². The molecule has 3 heterocycles. The predicted octanol–water partition coefficient (Wildman–Crippen LogP) is 2.33. The van der Waals surface area contributed by atoms with Crippen LogP contribution in [0.5, 0.6) is 0 Å². The highest BCUT2D eigenvalue weighted by Crippen LogP contribution is 2.20. The fraction of sp³-hybridized carbons (Fsp3) is 0.214. The molecule has 0 bridgehead atoms. The van der Waals surface area contributed by atoms with Crippen molar-refractivity contribution in [2.75, 3.05) is 7.05 Å². The number of aryl methyl sites for hydroxylation is 1. The van der Waals surface area contributed by atoms with Gasteiger partial charge in [0.05, 0.1) is 29.7 Å². The number of furan rings is 1. The summed E-state index contributed by atoms with van der Waals surface area (Å²) in [6, 6.07) is 5.22. The third kappa shape index (κ3) is 2.62. The van der Waals surface area contributed by atoms with E-state index in [0.717, 1.165) is 5.69 Å². The number of aromatic amines is 1. The molecule has 0 aliphatic carbocycles. The molecule has 1 N–H and O–H groups in total. The molecule has 0 aromatic carbocycles. The number of hydrogen-bond acceptors (Lipinski definition) is 4. The summed E-state index contributed by atoms with van der Waals surface area (Å²) in [6.07, 6.45) is 3.12. The summed E-state index contributed by atoms with van der Waals surface area (Å²) in [4.78, 5) is 13.9. The SMILES string of the molecule is CN(Cc1c(Cl)cnn1C)C(=O)c1cc(-c2ccco2)[nH]n1. The van der Waals surface area contributed by atoms with Gasteiger partial charge in [0.2, 0.25) is 0 Å². The van der Waals surface area contributed by atoms with E-state index in [1.54, 1.807) is 49.4 Å². The van der Waals surface area contributed by atoms with Crippen molar-refractivity contribution in [2.45, 2.75) is 6.54 Å². The van der Waals surface area contributed by atoms with Gasteiger partial charge in [0, 0.05) is 20.2 Å². The van der Waals surface area contributed by atoms with Crippen LogP contribution in [0.15, 0.2) is 35.1 Å². The lowest BCUT2D eigenvalue weighted by molar-refractivity contribution is 0.0776. The summed E-state index contributed by atoms with van der Waals surface area (Å²) >= 11 is 6.06. The lowest BCUT2D eigenvalue weighted by Gasteiger charge is -2.16. The number of H-pyrrole nitrogens is 1. The molecule has 114 valence electrons. The van der Waals surface area contributed by atoms with Crippen molar-refractivity contribution in [3.63, 3.8) is 0 Å². The van der Waals surface area contributed by atoms with E-state index in [4.69, 9.17) is 16.0 Å². The Morgan fingerprint density at radius 3 is 3.00 bits per heavy atom. The van der Waals surface area contributed by atoms with E-state index in [-0.39, 0.29) is 5.91 Å². The molecule has 0 saturated carbocycles. The van der Waals surface area contributed by atoms with E-state index in [0.29, 0.717) is 28.7 Å². The Kier molecular flexibility index (Phi) is 3.72. The Labute approximate surface area is 131 Å². The highest BCUT2D eigenvalue weighted by atomic mass is 35.5. The first-order valence-corrected chi connectivity index (χ1v) is 6.95. The zero-order valence-electron chi connectivity index (χ0n) is 12.1. The molecule has 0 aliphatic rings. The lowest BCUT2D eigenvalue weighted by Crippen LogP contribution is -2.27. The number of rotatable bonds is 4. The largest absolute Gasteiger partial charge is 0.463 e. The summed E-state index contributed by atoms with van der Waals surface area (Å²) in [7, 11) is 3.47. The van der Waals surface area contributed by atoms with Crippen LogP contribution in [0.25, 0.3) is 11.5 Å². The molecule has 1 amide bonds. The van der Waals surface area contributed by atoms with E-state index in [9.17, 15) is 4.79 Å².